The number of likely N-dealkylation sites (tertiary alicyclic amines) is 2. The Kier molecular flexibility index (Phi) is 42.6. The lowest BCUT2D eigenvalue weighted by Crippen LogP contribution is -2.61. The molecule has 2 heterocycles. The van der Waals surface area contributed by atoms with Crippen LogP contribution in [0.4, 0.5) is 0 Å². The first kappa shape index (κ1) is 89.4. The van der Waals surface area contributed by atoms with Gasteiger partial charge in [-0.15, -0.1) is 0 Å². The van der Waals surface area contributed by atoms with Crippen LogP contribution in [0.15, 0.2) is 59.6 Å². The average molecular weight is 1490 g/mol. The largest absolute Gasteiger partial charge is 0.508 e. The summed E-state index contributed by atoms with van der Waals surface area (Å²) in [4.78, 5) is 174. The Morgan fingerprint density at radius 1 is 0.481 bits per heavy atom. The van der Waals surface area contributed by atoms with Gasteiger partial charge in [0.1, 0.15) is 60.1 Å². The molecule has 0 aliphatic carbocycles. The molecule has 106 heavy (non-hydrogen) atoms. The lowest BCUT2D eigenvalue weighted by Gasteiger charge is -2.31. The summed E-state index contributed by atoms with van der Waals surface area (Å²) in [5, 5.41) is 45.0. The Hall–Kier alpha value is -8.97. The predicted molar refractivity (Wildman–Crippen MR) is 403 cm³/mol. The zero-order valence-corrected chi connectivity index (χ0v) is 62.7. The number of phenols is 1. The molecular formula is C75H123N17O14. The first-order chi connectivity index (χ1) is 50.9. The highest BCUT2D eigenvalue weighted by Crippen LogP contribution is 2.23. The number of aromatic hydroxyl groups is 1. The number of primary amides is 1. The van der Waals surface area contributed by atoms with E-state index in [0.29, 0.717) is 62.6 Å². The van der Waals surface area contributed by atoms with Gasteiger partial charge in [-0.2, -0.15) is 0 Å². The molecule has 0 aromatic heterocycles. The number of aliphatic imine (C=N–C) groups is 1. The Morgan fingerprint density at radius 2 is 0.953 bits per heavy atom. The number of guanidine groups is 1. The van der Waals surface area contributed by atoms with Gasteiger partial charge in [-0.3, -0.25) is 62.5 Å². The van der Waals surface area contributed by atoms with E-state index in [9.17, 15) is 67.7 Å². The van der Waals surface area contributed by atoms with Gasteiger partial charge in [-0.1, -0.05) is 140 Å². The number of unbranched alkanes of at least 4 members (excludes halogenated alkanes) is 14. The second-order valence-electron chi connectivity index (χ2n) is 28.2. The van der Waals surface area contributed by atoms with Crippen molar-refractivity contribution < 1.29 is 67.7 Å². The normalized spacial score (nSPS) is 16.0. The summed E-state index contributed by atoms with van der Waals surface area (Å²) in [6.45, 7) is 4.74. The zero-order chi connectivity index (χ0) is 77.8. The number of hydrogen-bond donors (Lipinski definition) is 16. The zero-order valence-electron chi connectivity index (χ0n) is 62.7. The summed E-state index contributed by atoms with van der Waals surface area (Å²) in [5.41, 5.74) is 29.1. The van der Waals surface area contributed by atoms with Crippen molar-refractivity contribution in [2.75, 3.05) is 52.4 Å². The molecule has 12 amide bonds. The number of rotatable bonds is 53. The number of amides is 12. The van der Waals surface area contributed by atoms with E-state index in [2.05, 4.69) is 59.8 Å². The van der Waals surface area contributed by atoms with Gasteiger partial charge in [0.25, 0.3) is 0 Å². The van der Waals surface area contributed by atoms with Crippen molar-refractivity contribution in [3.8, 4) is 5.75 Å². The average Bonchev–Trinajstić information content (AvgIpc) is 1.55. The summed E-state index contributed by atoms with van der Waals surface area (Å²) in [7, 11) is 0. The molecule has 2 saturated heterocycles. The van der Waals surface area contributed by atoms with Crippen molar-refractivity contribution in [1.29, 1.82) is 0 Å². The molecule has 9 unspecified atom stereocenters. The topological polar surface area (TPSA) is 503 Å². The first-order valence-electron chi connectivity index (χ1n) is 38.3. The van der Waals surface area contributed by atoms with E-state index in [-0.39, 0.29) is 114 Å². The molecule has 21 N–H and O–H groups in total. The number of carbonyl (C=O) groups is 12. The van der Waals surface area contributed by atoms with E-state index in [1.165, 1.54) is 91.9 Å². The van der Waals surface area contributed by atoms with E-state index in [4.69, 9.17) is 28.7 Å². The third-order valence-electron chi connectivity index (χ3n) is 18.9. The molecular weight excluding hydrogens is 1360 g/mol. The van der Waals surface area contributed by atoms with Gasteiger partial charge in [0.2, 0.25) is 70.9 Å². The van der Waals surface area contributed by atoms with Crippen molar-refractivity contribution in [1.82, 2.24) is 57.7 Å². The monoisotopic (exact) mass is 1490 g/mol. The SMILES string of the molecule is CCCCCCCCCCCCCCCC(=O)NC(CCCCN)C(=O)NCC(=O)NC(Cc1ccccc1)C(=O)N1CCCC1C(=O)NC(CO)C(=O)NC(Cc1ccc(O)cc1)C(=O)NC(CCCCN)C(=O)NC(CC(C)C)C(=O)NC(CCCN=C(N)N)C(=O)N1CCCC1C(=O)NCC(N)=O. The van der Waals surface area contributed by atoms with Crippen LogP contribution in [-0.4, -0.2) is 204 Å². The number of aliphatic hydroxyl groups is 1. The van der Waals surface area contributed by atoms with Crippen LogP contribution in [0.5, 0.6) is 5.75 Å². The number of benzene rings is 2. The maximum absolute atomic E-state index is 14.7. The minimum Gasteiger partial charge on any atom is -0.508 e. The van der Waals surface area contributed by atoms with Crippen LogP contribution in [0.3, 0.4) is 0 Å². The molecule has 31 heteroatoms. The molecule has 592 valence electrons. The van der Waals surface area contributed by atoms with Crippen LogP contribution >= 0.6 is 0 Å². The van der Waals surface area contributed by atoms with Crippen LogP contribution in [-0.2, 0) is 70.4 Å². The second kappa shape index (κ2) is 50.5. The van der Waals surface area contributed by atoms with Crippen LogP contribution in [0, 0.1) is 5.92 Å². The minimum absolute atomic E-state index is 0.00466. The van der Waals surface area contributed by atoms with Gasteiger partial charge in [-0.25, -0.2) is 0 Å². The van der Waals surface area contributed by atoms with E-state index >= 15 is 0 Å². The van der Waals surface area contributed by atoms with Crippen molar-refractivity contribution in [2.45, 2.75) is 261 Å². The van der Waals surface area contributed by atoms with E-state index in [1.54, 1.807) is 44.2 Å². The van der Waals surface area contributed by atoms with Crippen LogP contribution in [0.25, 0.3) is 0 Å². The molecule has 0 bridgehead atoms. The fourth-order valence-electron chi connectivity index (χ4n) is 13.1. The number of carbonyl (C=O) groups excluding carboxylic acids is 12. The Balaban J connectivity index is 1.48. The standard InChI is InChI=1S/C75H123N17O14/c1-4-5-6-7-8-9-10-11-12-13-14-15-19-34-64(96)84-54(29-20-22-39-76)66(98)83-48-65(97)85-59(46-51-27-17-16-18-28-51)74(106)92-43-26-33-62(92)72(104)90-60(49-93)70(102)89-58(45-52-35-37-53(94)38-36-52)69(101)86-55(30-21-23-40-77)67(99)88-57(44-50(2)3)68(100)87-56(31-24-41-81-75(79)80)73(105)91-42-25-32-61(91)71(103)82-47-63(78)95/h16-18,27-28,35-38,50,54-62,93-94H,4-15,19-26,29-34,39-49,76-77H2,1-3H3,(H2,78,95)(H,82,103)(H,83,98)(H,84,96)(H,85,97)(H,86,101)(H,87,100)(H,88,99)(H,89,102)(H,90,104)(H4,79,80,81). The Labute approximate surface area is 624 Å². The van der Waals surface area contributed by atoms with Crippen LogP contribution in [0.1, 0.15) is 205 Å². The van der Waals surface area contributed by atoms with Gasteiger partial charge in [0, 0.05) is 38.9 Å². The summed E-state index contributed by atoms with van der Waals surface area (Å²) in [6.07, 6.45) is 18.6. The van der Waals surface area contributed by atoms with E-state index < -0.39 is 139 Å². The Bertz CT molecular complexity index is 3100. The molecule has 2 aliphatic rings. The smallest absolute Gasteiger partial charge is 0.246 e. The van der Waals surface area contributed by atoms with Crippen LogP contribution < -0.4 is 76.5 Å². The molecule has 31 nitrogen and oxygen atoms in total. The van der Waals surface area contributed by atoms with E-state index in [0.717, 1.165) is 19.3 Å². The summed E-state index contributed by atoms with van der Waals surface area (Å²) in [6, 6.07) is 2.97. The fraction of sp³-hybridized carbons (Fsp3) is 0.667. The quantitative estimate of drug-likeness (QED) is 0.0250. The lowest BCUT2D eigenvalue weighted by molar-refractivity contribution is -0.142. The number of phenolic OH excluding ortho intramolecular Hbond substituents is 1. The van der Waals surface area contributed by atoms with Crippen molar-refractivity contribution in [3.63, 3.8) is 0 Å². The summed E-state index contributed by atoms with van der Waals surface area (Å²) in [5.74, 6) is -9.11. The molecule has 2 aliphatic heterocycles. The van der Waals surface area contributed by atoms with Gasteiger partial charge in [0.05, 0.1) is 19.7 Å². The fourth-order valence-corrected chi connectivity index (χ4v) is 13.1. The van der Waals surface area contributed by atoms with Gasteiger partial charge < -0.3 is 96.5 Å². The highest BCUT2D eigenvalue weighted by atomic mass is 16.3. The molecule has 4 rings (SSSR count). The molecule has 0 spiro atoms. The highest BCUT2D eigenvalue weighted by molar-refractivity contribution is 5.99. The maximum atomic E-state index is 14.7. The number of nitrogens with zero attached hydrogens (tertiary/aromatic N) is 3. The molecule has 9 atom stereocenters. The third kappa shape index (κ3) is 34.1. The second-order valence-corrected chi connectivity index (χ2v) is 28.2. The van der Waals surface area contributed by atoms with Crippen molar-refractivity contribution >= 4 is 76.8 Å². The summed E-state index contributed by atoms with van der Waals surface area (Å²) < 4.78 is 0. The number of hydrogen-bond acceptors (Lipinski definition) is 17. The van der Waals surface area contributed by atoms with E-state index in [1.807, 2.05) is 0 Å². The lowest BCUT2D eigenvalue weighted by atomic mass is 10.00. The predicted octanol–water partition coefficient (Wildman–Crippen LogP) is 1.10. The van der Waals surface area contributed by atoms with Crippen LogP contribution in [0.2, 0.25) is 0 Å². The molecule has 2 aromatic rings. The maximum Gasteiger partial charge on any atom is 0.246 e. The molecule has 0 radical (unpaired) electrons. The minimum atomic E-state index is -1.72. The number of nitrogens with one attached hydrogen (secondary N) is 9. The number of aliphatic hydroxyl groups excluding tert-OH is 1. The van der Waals surface area contributed by atoms with Crippen molar-refractivity contribution in [3.05, 3.63) is 65.7 Å². The molecule has 2 aromatic carbocycles. The summed E-state index contributed by atoms with van der Waals surface area (Å²) >= 11 is 0. The first-order valence-corrected chi connectivity index (χ1v) is 38.3. The van der Waals surface area contributed by atoms with Gasteiger partial charge >= 0.3 is 0 Å². The Morgan fingerprint density at radius 3 is 1.51 bits per heavy atom. The highest BCUT2D eigenvalue weighted by Gasteiger charge is 2.42. The molecule has 0 saturated carbocycles. The molecule has 2 fully saturated rings. The van der Waals surface area contributed by atoms with Gasteiger partial charge in [0.15, 0.2) is 5.96 Å². The van der Waals surface area contributed by atoms with Gasteiger partial charge in [-0.05, 0) is 132 Å². The third-order valence-corrected chi connectivity index (χ3v) is 18.9. The van der Waals surface area contributed by atoms with Crippen molar-refractivity contribution in [2.24, 2.45) is 39.6 Å². The number of nitrogens with two attached hydrogens (primary N) is 5.